The standard InChI is InChI=1S/C10H11BrO4/c1-13-6-15-9-4-3-7(5-8(9)11)10(12)14-2/h3-5H,6H2,1-2H3. The van der Waals surface area contributed by atoms with E-state index in [0.717, 1.165) is 0 Å². The second-order valence-corrected chi connectivity index (χ2v) is 3.54. The third-order valence-electron chi connectivity index (χ3n) is 1.69. The molecule has 0 heterocycles. The van der Waals surface area contributed by atoms with Crippen LogP contribution in [-0.4, -0.2) is 27.0 Å². The highest BCUT2D eigenvalue weighted by Gasteiger charge is 2.08. The van der Waals surface area contributed by atoms with Gasteiger partial charge in [0, 0.05) is 7.11 Å². The van der Waals surface area contributed by atoms with E-state index >= 15 is 0 Å². The maximum absolute atomic E-state index is 11.2. The monoisotopic (exact) mass is 274 g/mol. The van der Waals surface area contributed by atoms with Gasteiger partial charge >= 0.3 is 5.97 Å². The molecule has 82 valence electrons. The molecule has 1 aromatic rings. The summed E-state index contributed by atoms with van der Waals surface area (Å²) in [5.41, 5.74) is 0.467. The molecule has 0 bridgehead atoms. The summed E-state index contributed by atoms with van der Waals surface area (Å²) in [6, 6.07) is 4.94. The van der Waals surface area contributed by atoms with Crippen molar-refractivity contribution < 1.29 is 19.0 Å². The fourth-order valence-corrected chi connectivity index (χ4v) is 1.48. The Bertz CT molecular complexity index is 351. The quantitative estimate of drug-likeness (QED) is 0.624. The summed E-state index contributed by atoms with van der Waals surface area (Å²) in [5.74, 6) is 0.235. The molecule has 1 rings (SSSR count). The second-order valence-electron chi connectivity index (χ2n) is 2.69. The molecule has 15 heavy (non-hydrogen) atoms. The summed E-state index contributed by atoms with van der Waals surface area (Å²) in [6.07, 6.45) is 0. The molecule has 0 saturated heterocycles. The Kier molecular flexibility index (Phi) is 4.58. The fraction of sp³-hybridized carbons (Fsp3) is 0.300. The van der Waals surface area contributed by atoms with Crippen molar-refractivity contribution in [1.82, 2.24) is 0 Å². The van der Waals surface area contributed by atoms with Crippen LogP contribution in [0.4, 0.5) is 0 Å². The molecule has 0 atom stereocenters. The van der Waals surface area contributed by atoms with Gasteiger partial charge in [0.15, 0.2) is 6.79 Å². The maximum Gasteiger partial charge on any atom is 0.337 e. The molecule has 0 radical (unpaired) electrons. The molecule has 4 nitrogen and oxygen atoms in total. The van der Waals surface area contributed by atoms with Crippen LogP contribution in [0.25, 0.3) is 0 Å². The number of hydrogen-bond donors (Lipinski definition) is 0. The molecule has 0 spiro atoms. The third-order valence-corrected chi connectivity index (χ3v) is 2.30. The molecular weight excluding hydrogens is 264 g/mol. The van der Waals surface area contributed by atoms with Gasteiger partial charge in [-0.05, 0) is 34.1 Å². The highest BCUT2D eigenvalue weighted by Crippen LogP contribution is 2.26. The lowest BCUT2D eigenvalue weighted by Crippen LogP contribution is -2.03. The predicted octanol–water partition coefficient (Wildman–Crippen LogP) is 2.22. The van der Waals surface area contributed by atoms with Gasteiger partial charge in [0.05, 0.1) is 17.1 Å². The van der Waals surface area contributed by atoms with Crippen LogP contribution in [0.15, 0.2) is 22.7 Å². The van der Waals surface area contributed by atoms with Gasteiger partial charge in [-0.15, -0.1) is 0 Å². The zero-order valence-corrected chi connectivity index (χ0v) is 10.0. The molecule has 0 amide bonds. The molecular formula is C10H11BrO4. The Morgan fingerprint density at radius 1 is 1.40 bits per heavy atom. The Morgan fingerprint density at radius 3 is 2.67 bits per heavy atom. The highest BCUT2D eigenvalue weighted by atomic mass is 79.9. The van der Waals surface area contributed by atoms with Crippen LogP contribution in [0.5, 0.6) is 5.75 Å². The van der Waals surface area contributed by atoms with E-state index in [9.17, 15) is 4.79 Å². The van der Waals surface area contributed by atoms with Gasteiger partial charge in [-0.1, -0.05) is 0 Å². The number of esters is 1. The van der Waals surface area contributed by atoms with E-state index in [1.54, 1.807) is 18.2 Å². The minimum Gasteiger partial charge on any atom is -0.466 e. The van der Waals surface area contributed by atoms with Crippen LogP contribution in [0.1, 0.15) is 10.4 Å². The Morgan fingerprint density at radius 2 is 2.13 bits per heavy atom. The highest BCUT2D eigenvalue weighted by molar-refractivity contribution is 9.10. The number of hydrogen-bond acceptors (Lipinski definition) is 4. The van der Waals surface area contributed by atoms with Crippen LogP contribution >= 0.6 is 15.9 Å². The normalized spacial score (nSPS) is 9.80. The number of ether oxygens (including phenoxy) is 3. The van der Waals surface area contributed by atoms with Crippen LogP contribution in [0.2, 0.25) is 0 Å². The minimum atomic E-state index is -0.381. The molecule has 0 aliphatic carbocycles. The van der Waals surface area contributed by atoms with Gasteiger partial charge in [-0.3, -0.25) is 0 Å². The van der Waals surface area contributed by atoms with Gasteiger partial charge in [-0.25, -0.2) is 4.79 Å². The summed E-state index contributed by atoms with van der Waals surface area (Å²) in [7, 11) is 2.88. The van der Waals surface area contributed by atoms with Crippen molar-refractivity contribution in [3.05, 3.63) is 28.2 Å². The SMILES string of the molecule is COCOc1ccc(C(=O)OC)cc1Br. The molecule has 5 heteroatoms. The molecule has 0 aliphatic rings. The predicted molar refractivity (Wildman–Crippen MR) is 58.0 cm³/mol. The number of halogens is 1. The van der Waals surface area contributed by atoms with Crippen molar-refractivity contribution in [3.63, 3.8) is 0 Å². The number of benzene rings is 1. The van der Waals surface area contributed by atoms with E-state index in [1.807, 2.05) is 0 Å². The smallest absolute Gasteiger partial charge is 0.337 e. The lowest BCUT2D eigenvalue weighted by molar-refractivity contribution is 0.0505. The van der Waals surface area contributed by atoms with Crippen molar-refractivity contribution in [2.24, 2.45) is 0 Å². The number of carbonyl (C=O) groups excluding carboxylic acids is 1. The van der Waals surface area contributed by atoms with E-state index < -0.39 is 0 Å². The first-order valence-corrected chi connectivity index (χ1v) is 4.98. The maximum atomic E-state index is 11.2. The van der Waals surface area contributed by atoms with Crippen molar-refractivity contribution in [3.8, 4) is 5.75 Å². The van der Waals surface area contributed by atoms with Gasteiger partial charge in [0.1, 0.15) is 5.75 Å². The first-order chi connectivity index (χ1) is 7.19. The molecule has 0 N–H and O–H groups in total. The summed E-state index contributed by atoms with van der Waals surface area (Å²) < 4.78 is 15.3. The fourth-order valence-electron chi connectivity index (χ4n) is 0.985. The van der Waals surface area contributed by atoms with Crippen LogP contribution in [0, 0.1) is 0 Å². The average Bonchev–Trinajstić information content (AvgIpc) is 2.26. The van der Waals surface area contributed by atoms with E-state index in [1.165, 1.54) is 14.2 Å². The largest absolute Gasteiger partial charge is 0.466 e. The van der Waals surface area contributed by atoms with E-state index in [2.05, 4.69) is 20.7 Å². The second kappa shape index (κ2) is 5.72. The number of rotatable bonds is 4. The zero-order chi connectivity index (χ0) is 11.3. The topological polar surface area (TPSA) is 44.8 Å². The lowest BCUT2D eigenvalue weighted by Gasteiger charge is -2.07. The molecule has 0 aliphatic heterocycles. The van der Waals surface area contributed by atoms with Crippen LogP contribution in [0.3, 0.4) is 0 Å². The average molecular weight is 275 g/mol. The summed E-state index contributed by atoms with van der Waals surface area (Å²) in [4.78, 5) is 11.2. The number of methoxy groups -OCH3 is 2. The Labute approximate surface area is 96.3 Å². The summed E-state index contributed by atoms with van der Waals surface area (Å²) in [5, 5.41) is 0. The zero-order valence-electron chi connectivity index (χ0n) is 8.45. The van der Waals surface area contributed by atoms with Crippen molar-refractivity contribution >= 4 is 21.9 Å². The van der Waals surface area contributed by atoms with E-state index in [-0.39, 0.29) is 12.8 Å². The first kappa shape index (κ1) is 12.0. The Balaban J connectivity index is 2.83. The van der Waals surface area contributed by atoms with Crippen LogP contribution < -0.4 is 4.74 Å². The number of carbonyl (C=O) groups is 1. The minimum absolute atomic E-state index is 0.163. The molecule has 0 aromatic heterocycles. The summed E-state index contributed by atoms with van der Waals surface area (Å²) in [6.45, 7) is 0.163. The van der Waals surface area contributed by atoms with Crippen molar-refractivity contribution in [2.45, 2.75) is 0 Å². The Hall–Kier alpha value is -1.07. The molecule has 1 aromatic carbocycles. The van der Waals surface area contributed by atoms with Crippen molar-refractivity contribution in [1.29, 1.82) is 0 Å². The van der Waals surface area contributed by atoms with Gasteiger partial charge in [0.25, 0.3) is 0 Å². The summed E-state index contributed by atoms with van der Waals surface area (Å²) >= 11 is 3.29. The lowest BCUT2D eigenvalue weighted by atomic mass is 10.2. The van der Waals surface area contributed by atoms with Gasteiger partial charge in [0.2, 0.25) is 0 Å². The van der Waals surface area contributed by atoms with Crippen LogP contribution in [-0.2, 0) is 9.47 Å². The van der Waals surface area contributed by atoms with E-state index in [0.29, 0.717) is 15.8 Å². The molecule has 0 unspecified atom stereocenters. The van der Waals surface area contributed by atoms with E-state index in [4.69, 9.17) is 9.47 Å². The first-order valence-electron chi connectivity index (χ1n) is 4.18. The molecule has 0 fully saturated rings. The molecule has 0 saturated carbocycles. The van der Waals surface area contributed by atoms with Crippen molar-refractivity contribution in [2.75, 3.05) is 21.0 Å². The third kappa shape index (κ3) is 3.21. The van der Waals surface area contributed by atoms with Gasteiger partial charge in [-0.2, -0.15) is 0 Å². The van der Waals surface area contributed by atoms with Gasteiger partial charge < -0.3 is 14.2 Å².